The molecule has 0 aliphatic rings. The first-order valence-corrected chi connectivity index (χ1v) is 25.0. The van der Waals surface area contributed by atoms with Gasteiger partial charge in [-0.15, -0.1) is 43.7 Å². The predicted molar refractivity (Wildman–Crippen MR) is 372 cm³/mol. The van der Waals surface area contributed by atoms with Crippen LogP contribution in [0.4, 0.5) is 0 Å². The summed E-state index contributed by atoms with van der Waals surface area (Å²) >= 11 is 0. The van der Waals surface area contributed by atoms with E-state index in [2.05, 4.69) is 207 Å². The molecule has 10 aromatic rings. The smallest absolute Gasteiger partial charge is 0.143 e. The first-order valence-electron chi connectivity index (χ1n) is 25.0. The Hall–Kier alpha value is -4.82. The lowest BCUT2D eigenvalue weighted by molar-refractivity contribution is 0.670. The van der Waals surface area contributed by atoms with Crippen molar-refractivity contribution < 1.29 is 4.42 Å². The van der Waals surface area contributed by atoms with E-state index in [1.54, 1.807) is 0 Å². The van der Waals surface area contributed by atoms with Crippen molar-refractivity contribution >= 4 is 345 Å². The summed E-state index contributed by atoms with van der Waals surface area (Å²) in [4.78, 5) is 0. The molecule has 1 nitrogen and oxygen atoms in total. The lowest BCUT2D eigenvalue weighted by Gasteiger charge is -2.33. The van der Waals surface area contributed by atoms with Crippen molar-refractivity contribution in [3.8, 4) is 33.4 Å². The largest absolute Gasteiger partial charge is 0.455 e. The van der Waals surface area contributed by atoms with Gasteiger partial charge in [-0.25, -0.2) is 0 Å². The molecular weight excluding hydrogens is 796 g/mol. The third kappa shape index (κ3) is 6.00. The number of para-hydroxylation sites is 2. The zero-order valence-corrected chi connectivity index (χ0v) is 44.9. The van der Waals surface area contributed by atoms with Crippen LogP contribution >= 0.6 is 0 Å². The molecule has 0 saturated carbocycles. The molecule has 0 radical (unpaired) electrons. The van der Waals surface area contributed by atoms with E-state index < -0.39 is 0 Å². The highest BCUT2D eigenvalue weighted by Gasteiger charge is 2.31. The second kappa shape index (κ2) is 16.1. The minimum atomic E-state index is 0.929. The molecule has 68 heavy (non-hydrogen) atoms. The third-order valence-electron chi connectivity index (χ3n) is 18.8. The van der Waals surface area contributed by atoms with E-state index in [9.17, 15) is 0 Å². The maximum atomic E-state index is 6.88. The molecule has 0 spiro atoms. The molecule has 0 atom stereocenters. The van der Waals surface area contributed by atoms with Crippen LogP contribution in [0, 0.1) is 0 Å². The Morgan fingerprint density at radius 2 is 0.529 bits per heavy atom. The van der Waals surface area contributed by atoms with Gasteiger partial charge < -0.3 is 4.42 Å². The summed E-state index contributed by atoms with van der Waals surface area (Å²) in [7, 11) is 50.0. The van der Waals surface area contributed by atoms with Gasteiger partial charge >= 0.3 is 0 Å². The van der Waals surface area contributed by atoms with Gasteiger partial charge in [0.1, 0.15) is 176 Å². The zero-order valence-electron chi connectivity index (χ0n) is 44.9. The number of fused-ring (bicyclic) bond motifs is 7. The fraction of sp³-hybridized carbons (Fsp3) is 0. The lowest BCUT2D eigenvalue weighted by atomic mass is 9.55. The van der Waals surface area contributed by atoms with Crippen molar-refractivity contribution in [1.82, 2.24) is 0 Å². The van der Waals surface area contributed by atoms with Crippen molar-refractivity contribution in [3.05, 3.63) is 42.5 Å². The average Bonchev–Trinajstić information content (AvgIpc) is 3.71. The second-order valence-corrected chi connectivity index (χ2v) is 21.3. The van der Waals surface area contributed by atoms with Gasteiger partial charge in [0.05, 0.1) is 0 Å². The molecule has 1 heterocycles. The van der Waals surface area contributed by atoms with Gasteiger partial charge in [0.2, 0.25) is 0 Å². The van der Waals surface area contributed by atoms with Crippen LogP contribution in [0.1, 0.15) is 0 Å². The van der Waals surface area contributed by atoms with Gasteiger partial charge in [0.25, 0.3) is 0 Å². The molecule has 0 fully saturated rings. The Morgan fingerprint density at radius 1 is 0.221 bits per heavy atom. The number of hydrogen-bond acceptors (Lipinski definition) is 1. The summed E-state index contributed by atoms with van der Waals surface area (Å²) in [6.07, 6.45) is 0. The molecular formula is C46H49B21O. The van der Waals surface area contributed by atoms with E-state index in [0.29, 0.717) is 0 Å². The van der Waals surface area contributed by atoms with Crippen LogP contribution in [0.5, 0.6) is 0 Å². The minimum Gasteiger partial charge on any atom is -0.455 e. The van der Waals surface area contributed by atoms with E-state index in [0.717, 1.165) is 27.5 Å². The molecule has 0 unspecified atom stereocenters. The minimum absolute atomic E-state index is 0.929. The van der Waals surface area contributed by atoms with Gasteiger partial charge in [-0.05, 0) is 77.0 Å². The van der Waals surface area contributed by atoms with E-state index in [-0.39, 0.29) is 0 Å². The topological polar surface area (TPSA) is 13.1 Å². The molecule has 0 amide bonds. The van der Waals surface area contributed by atoms with Crippen LogP contribution in [0.3, 0.4) is 0 Å². The summed E-state index contributed by atoms with van der Waals surface area (Å²) in [5, 5.41) is 13.5. The van der Waals surface area contributed by atoms with Crippen molar-refractivity contribution in [2.75, 3.05) is 0 Å². The molecule has 0 saturated heterocycles. The first kappa shape index (κ1) is 46.9. The van der Waals surface area contributed by atoms with Gasteiger partial charge in [-0.2, -0.15) is 0 Å². The van der Waals surface area contributed by atoms with Crippen LogP contribution in [0.25, 0.3) is 98.4 Å². The van der Waals surface area contributed by atoms with Gasteiger partial charge in [0, 0.05) is 16.3 Å². The standard InChI is InChI=1S/C46H49B21O/c47-25-22(34(56)35(57)24-23(25)36(58)44(66)45(67)37(24)59)14-19-16(29(51)39(61)41(63)31(19)53)13(17-20(14)32(54)42(64)40(62)30(17)52)18-21-15(28(50)38(60)43(65)33(21)55)12(26(48)27(18)49)10-6-3-5-9-8-4-1-2-7-11(8)68-46(9)10/h1-7H,47-67H2. The Bertz CT molecular complexity index is 3960. The highest BCUT2D eigenvalue weighted by molar-refractivity contribution is 6.76. The second-order valence-electron chi connectivity index (χ2n) is 21.3. The van der Waals surface area contributed by atoms with E-state index in [1.165, 1.54) is 186 Å². The maximum Gasteiger partial charge on any atom is 0.143 e. The van der Waals surface area contributed by atoms with E-state index in [1.807, 2.05) is 0 Å². The van der Waals surface area contributed by atoms with Crippen LogP contribution in [-0.2, 0) is 0 Å². The van der Waals surface area contributed by atoms with Crippen LogP contribution in [0.15, 0.2) is 46.9 Å². The van der Waals surface area contributed by atoms with Crippen molar-refractivity contribution in [2.24, 2.45) is 0 Å². The number of benzene rings is 9. The van der Waals surface area contributed by atoms with Gasteiger partial charge in [0.15, 0.2) is 0 Å². The van der Waals surface area contributed by atoms with E-state index >= 15 is 0 Å². The first-order chi connectivity index (χ1) is 32.1. The number of rotatable bonds is 3. The summed E-state index contributed by atoms with van der Waals surface area (Å²) in [5.41, 5.74) is 38.9. The molecule has 302 valence electrons. The molecule has 22 heteroatoms. The zero-order chi connectivity index (χ0) is 49.2. The maximum absolute atomic E-state index is 6.88. The Kier molecular flexibility index (Phi) is 11.1. The molecule has 10 rings (SSSR count). The molecule has 0 N–H and O–H groups in total. The average molecular weight is 845 g/mol. The Balaban J connectivity index is 1.53. The van der Waals surface area contributed by atoms with Crippen LogP contribution < -0.4 is 115 Å². The van der Waals surface area contributed by atoms with Crippen molar-refractivity contribution in [3.63, 3.8) is 0 Å². The number of furan rings is 1. The fourth-order valence-corrected chi connectivity index (χ4v) is 13.3. The third-order valence-corrected chi connectivity index (χ3v) is 18.8. The molecule has 0 aliphatic heterocycles. The quantitative estimate of drug-likeness (QED) is 0.128. The molecule has 9 aromatic carbocycles. The molecule has 0 bridgehead atoms. The van der Waals surface area contributed by atoms with Gasteiger partial charge in [-0.1, -0.05) is 107 Å². The highest BCUT2D eigenvalue weighted by atomic mass is 16.3. The summed E-state index contributed by atoms with van der Waals surface area (Å²) in [6, 6.07) is 15.3. The molecule has 0 aliphatic carbocycles. The lowest BCUT2D eigenvalue weighted by Crippen LogP contribution is -2.52. The summed E-state index contributed by atoms with van der Waals surface area (Å²) in [5.74, 6) is 0. The van der Waals surface area contributed by atoms with Crippen molar-refractivity contribution in [2.45, 2.75) is 0 Å². The summed E-state index contributed by atoms with van der Waals surface area (Å²) in [6.45, 7) is 0. The Labute approximate surface area is 422 Å². The monoisotopic (exact) mass is 849 g/mol. The van der Waals surface area contributed by atoms with E-state index in [4.69, 9.17) is 4.42 Å². The van der Waals surface area contributed by atoms with Crippen LogP contribution in [-0.4, -0.2) is 165 Å². The predicted octanol–water partition coefficient (Wildman–Crippen LogP) is -23.4. The SMILES string of the molecule is Bc1c(B)c(B)c2c(B)c(-c3c4c(B)c(B)c(B)c(B)c4c(-c4c(B)c(B)c(-c5cccc6c5oc5ccccc56)c5c(B)c(B)c(B)c(B)c45)c4c(B)c(B)c(B)c(B)c34)c(B)c(B)c2c1B. The van der Waals surface area contributed by atoms with Crippen molar-refractivity contribution in [1.29, 1.82) is 0 Å². The van der Waals surface area contributed by atoms with Gasteiger partial charge in [-0.3, -0.25) is 0 Å². The summed E-state index contributed by atoms with van der Waals surface area (Å²) < 4.78 is 6.88. The normalized spacial score (nSPS) is 11.9. The fourth-order valence-electron chi connectivity index (χ4n) is 13.3. The van der Waals surface area contributed by atoms with Crippen LogP contribution in [0.2, 0.25) is 0 Å². The number of hydrogen-bond donors (Lipinski definition) is 0. The Morgan fingerprint density at radius 3 is 0.985 bits per heavy atom. The molecule has 1 aromatic heterocycles. The highest BCUT2D eigenvalue weighted by Crippen LogP contribution is 2.43.